The Morgan fingerprint density at radius 3 is 1.69 bits per heavy atom. The van der Waals surface area contributed by atoms with E-state index in [-0.39, 0.29) is 23.3 Å². The van der Waals surface area contributed by atoms with Gasteiger partial charge in [-0.15, -0.1) is 5.92 Å². The zero-order valence-electron chi connectivity index (χ0n) is 24.8. The predicted octanol–water partition coefficient (Wildman–Crippen LogP) is 7.44. The zero-order chi connectivity index (χ0) is 27.8. The summed E-state index contributed by atoms with van der Waals surface area (Å²) in [5.41, 5.74) is 3.69. The molecule has 0 saturated carbocycles. The van der Waals surface area contributed by atoms with Crippen molar-refractivity contribution < 1.29 is 23.5 Å². The van der Waals surface area contributed by atoms with E-state index in [1.165, 1.54) is 19.3 Å². The van der Waals surface area contributed by atoms with Gasteiger partial charge in [0.05, 0.1) is 19.3 Å². The highest BCUT2D eigenvalue weighted by atomic mass is 28.4. The SMILES string of the molecule is CCCCCCC#C[Si](OC(CCCC)C(NC(=O)OCC)NC(=O)OCC)(C(C)(C)C)C(C)(C)C. The quantitative estimate of drug-likeness (QED) is 0.106. The molecular weight excluding hydrogens is 472 g/mol. The van der Waals surface area contributed by atoms with Crippen molar-refractivity contribution in [2.45, 2.75) is 143 Å². The number of ether oxygens (including phenoxy) is 2. The van der Waals surface area contributed by atoms with Crippen LogP contribution in [0.4, 0.5) is 9.59 Å². The maximum atomic E-state index is 12.4. The van der Waals surface area contributed by atoms with Crippen LogP contribution in [0.5, 0.6) is 0 Å². The Bertz CT molecular complexity index is 669. The van der Waals surface area contributed by atoms with Gasteiger partial charge in [-0.1, -0.05) is 93.0 Å². The molecule has 0 aliphatic heterocycles. The number of hydrogen-bond donors (Lipinski definition) is 2. The molecule has 1 unspecified atom stereocenters. The molecule has 7 nitrogen and oxygen atoms in total. The number of rotatable bonds is 14. The van der Waals surface area contributed by atoms with Crippen LogP contribution in [0, 0.1) is 11.5 Å². The highest BCUT2D eigenvalue weighted by molar-refractivity contribution is 6.86. The summed E-state index contributed by atoms with van der Waals surface area (Å²) in [6.07, 6.45) is 5.49. The van der Waals surface area contributed by atoms with Gasteiger partial charge in [-0.05, 0) is 36.8 Å². The molecular formula is C28H54N2O5Si. The number of hydrogen-bond acceptors (Lipinski definition) is 5. The minimum Gasteiger partial charge on any atom is -0.450 e. The summed E-state index contributed by atoms with van der Waals surface area (Å²) < 4.78 is 17.4. The van der Waals surface area contributed by atoms with E-state index in [0.717, 1.165) is 25.7 Å². The van der Waals surface area contributed by atoms with Crippen LogP contribution in [-0.2, 0) is 13.9 Å². The average Bonchev–Trinajstić information content (AvgIpc) is 2.75. The van der Waals surface area contributed by atoms with Crippen molar-refractivity contribution in [2.24, 2.45) is 0 Å². The van der Waals surface area contributed by atoms with Gasteiger partial charge in [-0.2, -0.15) is 0 Å². The van der Waals surface area contributed by atoms with Crippen molar-refractivity contribution in [1.29, 1.82) is 0 Å². The fraction of sp³-hybridized carbons (Fsp3) is 0.857. The summed E-state index contributed by atoms with van der Waals surface area (Å²) in [6.45, 7) is 21.4. The number of carbonyl (C=O) groups is 2. The molecule has 210 valence electrons. The molecule has 0 aromatic rings. The lowest BCUT2D eigenvalue weighted by atomic mass is 10.1. The third-order valence-corrected chi connectivity index (χ3v) is 11.6. The summed E-state index contributed by atoms with van der Waals surface area (Å²) in [6, 6.07) is 0. The summed E-state index contributed by atoms with van der Waals surface area (Å²) >= 11 is 0. The summed E-state index contributed by atoms with van der Waals surface area (Å²) in [7, 11) is -2.83. The number of nitrogens with one attached hydrogen (secondary N) is 2. The molecule has 8 heteroatoms. The first-order valence-electron chi connectivity index (χ1n) is 13.8. The number of unbranched alkanes of at least 4 members (excludes halogenated alkanes) is 5. The van der Waals surface area contributed by atoms with Crippen LogP contribution >= 0.6 is 0 Å². The lowest BCUT2D eigenvalue weighted by molar-refractivity contribution is 0.0817. The molecule has 36 heavy (non-hydrogen) atoms. The van der Waals surface area contributed by atoms with Crippen molar-refractivity contribution in [3.05, 3.63) is 0 Å². The van der Waals surface area contributed by atoms with Gasteiger partial charge in [-0.3, -0.25) is 10.6 Å². The van der Waals surface area contributed by atoms with Crippen LogP contribution in [0.2, 0.25) is 10.1 Å². The Labute approximate surface area is 222 Å². The van der Waals surface area contributed by atoms with Crippen LogP contribution in [0.3, 0.4) is 0 Å². The Balaban J connectivity index is 6.43. The van der Waals surface area contributed by atoms with Crippen LogP contribution in [0.15, 0.2) is 0 Å². The number of carbonyl (C=O) groups excluding carboxylic acids is 2. The molecule has 0 saturated heterocycles. The maximum absolute atomic E-state index is 12.4. The monoisotopic (exact) mass is 526 g/mol. The molecule has 0 fully saturated rings. The lowest BCUT2D eigenvalue weighted by Crippen LogP contribution is -2.62. The van der Waals surface area contributed by atoms with Gasteiger partial charge in [0.15, 0.2) is 0 Å². The molecule has 0 aromatic heterocycles. The minimum absolute atomic E-state index is 0.218. The van der Waals surface area contributed by atoms with Crippen molar-refractivity contribution in [3.8, 4) is 11.5 Å². The zero-order valence-corrected chi connectivity index (χ0v) is 25.8. The van der Waals surface area contributed by atoms with Gasteiger partial charge < -0.3 is 13.9 Å². The van der Waals surface area contributed by atoms with Gasteiger partial charge in [0.2, 0.25) is 0 Å². The van der Waals surface area contributed by atoms with Crippen molar-refractivity contribution >= 4 is 20.5 Å². The number of alkyl carbamates (subject to hydrolysis) is 2. The van der Waals surface area contributed by atoms with Crippen molar-refractivity contribution in [1.82, 2.24) is 10.6 Å². The Morgan fingerprint density at radius 2 is 1.28 bits per heavy atom. The molecule has 0 aliphatic carbocycles. The molecule has 0 bridgehead atoms. The molecule has 0 radical (unpaired) electrons. The van der Waals surface area contributed by atoms with E-state index in [4.69, 9.17) is 13.9 Å². The maximum Gasteiger partial charge on any atom is 0.408 e. The Morgan fingerprint density at radius 1 is 0.778 bits per heavy atom. The van der Waals surface area contributed by atoms with E-state index in [9.17, 15) is 9.59 Å². The van der Waals surface area contributed by atoms with Gasteiger partial charge in [0.25, 0.3) is 8.32 Å². The first-order chi connectivity index (χ1) is 16.8. The van der Waals surface area contributed by atoms with Crippen LogP contribution < -0.4 is 10.6 Å². The van der Waals surface area contributed by atoms with Crippen molar-refractivity contribution in [2.75, 3.05) is 13.2 Å². The van der Waals surface area contributed by atoms with Gasteiger partial charge in [0, 0.05) is 6.42 Å². The normalized spacial score (nSPS) is 13.0. The standard InChI is InChI=1S/C28H54N2O5Si/c1-11-15-17-18-19-20-22-36(27(5,6)7,28(8,9)10)35-23(21-16-12-2)24(29-25(31)33-13-3)30-26(32)34-14-4/h23-24H,11-19,21H2,1-10H3,(H,29,31)(H,30,32). The molecule has 0 heterocycles. The molecule has 2 N–H and O–H groups in total. The van der Waals surface area contributed by atoms with E-state index in [0.29, 0.717) is 6.42 Å². The summed E-state index contributed by atoms with van der Waals surface area (Å²) in [5.74, 6) is 3.48. The second kappa shape index (κ2) is 16.9. The van der Waals surface area contributed by atoms with Crippen LogP contribution in [-0.4, -0.2) is 46.0 Å². The third-order valence-electron chi connectivity index (χ3n) is 6.17. The van der Waals surface area contributed by atoms with E-state index in [1.54, 1.807) is 13.8 Å². The summed E-state index contributed by atoms with van der Waals surface area (Å²) in [5, 5.41) is 5.18. The van der Waals surface area contributed by atoms with Crippen LogP contribution in [0.1, 0.15) is 121 Å². The first kappa shape index (κ1) is 34.3. The molecule has 1 atom stereocenters. The van der Waals surface area contributed by atoms with E-state index in [2.05, 4.69) is 77.5 Å². The molecule has 0 rings (SSSR count). The van der Waals surface area contributed by atoms with Gasteiger partial charge in [0.1, 0.15) is 6.17 Å². The van der Waals surface area contributed by atoms with Gasteiger partial charge >= 0.3 is 12.2 Å². The van der Waals surface area contributed by atoms with E-state index >= 15 is 0 Å². The Kier molecular flexibility index (Phi) is 16.1. The molecule has 2 amide bonds. The predicted molar refractivity (Wildman–Crippen MR) is 150 cm³/mol. The first-order valence-corrected chi connectivity index (χ1v) is 15.7. The van der Waals surface area contributed by atoms with Gasteiger partial charge in [-0.25, -0.2) is 9.59 Å². The minimum atomic E-state index is -2.83. The van der Waals surface area contributed by atoms with E-state index in [1.807, 2.05) is 0 Å². The fourth-order valence-electron chi connectivity index (χ4n) is 4.46. The highest BCUT2D eigenvalue weighted by Crippen LogP contribution is 2.52. The van der Waals surface area contributed by atoms with E-state index < -0.39 is 32.8 Å². The lowest BCUT2D eigenvalue weighted by Gasteiger charge is -2.49. The van der Waals surface area contributed by atoms with Crippen molar-refractivity contribution in [3.63, 3.8) is 0 Å². The van der Waals surface area contributed by atoms with Crippen LogP contribution in [0.25, 0.3) is 0 Å². The smallest absolute Gasteiger partial charge is 0.408 e. The largest absolute Gasteiger partial charge is 0.450 e. The molecule has 0 spiro atoms. The summed E-state index contributed by atoms with van der Waals surface area (Å²) in [4.78, 5) is 24.9. The molecule has 0 aromatic carbocycles. The Hall–Kier alpha value is -1.72. The highest BCUT2D eigenvalue weighted by Gasteiger charge is 2.56. The fourth-order valence-corrected chi connectivity index (χ4v) is 9.31. The average molecular weight is 527 g/mol. The third kappa shape index (κ3) is 11.6. The second-order valence-corrected chi connectivity index (χ2v) is 16.1. The number of amides is 2. The topological polar surface area (TPSA) is 85.9 Å². The molecule has 0 aliphatic rings. The second-order valence-electron chi connectivity index (χ2n) is 11.3.